The molecule has 1 amide bonds. The maximum absolute atomic E-state index is 13.6. The van der Waals surface area contributed by atoms with Gasteiger partial charge in [0.15, 0.2) is 0 Å². The average molecular weight is 429 g/mol. The molecule has 5 nitrogen and oxygen atoms in total. The zero-order chi connectivity index (χ0) is 21.9. The molecule has 0 saturated heterocycles. The van der Waals surface area contributed by atoms with E-state index in [0.717, 1.165) is 42.4 Å². The van der Waals surface area contributed by atoms with Crippen LogP contribution in [0.15, 0.2) is 47.4 Å². The molecular formula is C24H32N2O3S. The number of carbonyl (C=O) groups excluding carboxylic acids is 1. The topological polar surface area (TPSA) is 57.7 Å². The van der Waals surface area contributed by atoms with Gasteiger partial charge in [0.05, 0.1) is 10.6 Å². The fourth-order valence-corrected chi connectivity index (χ4v) is 5.61. The van der Waals surface area contributed by atoms with Gasteiger partial charge in [-0.2, -0.15) is 0 Å². The highest BCUT2D eigenvalue weighted by Crippen LogP contribution is 2.29. The molecule has 0 heterocycles. The summed E-state index contributed by atoms with van der Waals surface area (Å²) in [6.07, 6.45) is 5.40. The van der Waals surface area contributed by atoms with Crippen LogP contribution in [0.1, 0.15) is 48.8 Å². The van der Waals surface area contributed by atoms with Crippen LogP contribution >= 0.6 is 0 Å². The SMILES string of the molecule is Cc1ccc(S(=O)(=O)N(CC(=O)N(C)C2CCCCC2)c2ccc(C)cc2C)cc1. The third kappa shape index (κ3) is 4.86. The second-order valence-electron chi connectivity index (χ2n) is 8.41. The largest absolute Gasteiger partial charge is 0.341 e. The lowest BCUT2D eigenvalue weighted by atomic mass is 9.94. The molecule has 162 valence electrons. The molecule has 1 fully saturated rings. The van der Waals surface area contributed by atoms with E-state index in [1.165, 1.54) is 10.7 Å². The lowest BCUT2D eigenvalue weighted by Crippen LogP contribution is -2.46. The highest BCUT2D eigenvalue weighted by molar-refractivity contribution is 7.92. The number of amides is 1. The molecule has 1 saturated carbocycles. The van der Waals surface area contributed by atoms with E-state index in [2.05, 4.69) is 0 Å². The Balaban J connectivity index is 1.97. The third-order valence-corrected chi connectivity index (χ3v) is 7.80. The number of sulfonamides is 1. The number of hydrogen-bond acceptors (Lipinski definition) is 3. The van der Waals surface area contributed by atoms with Gasteiger partial charge < -0.3 is 4.90 Å². The number of likely N-dealkylation sites (N-methyl/N-ethyl adjacent to an activating group) is 1. The molecule has 0 bridgehead atoms. The first-order chi connectivity index (χ1) is 14.2. The summed E-state index contributed by atoms with van der Waals surface area (Å²) in [5.74, 6) is -0.169. The molecule has 0 spiro atoms. The van der Waals surface area contributed by atoms with Crippen LogP contribution < -0.4 is 4.31 Å². The van der Waals surface area contributed by atoms with Crippen molar-refractivity contribution in [1.29, 1.82) is 0 Å². The van der Waals surface area contributed by atoms with Crippen LogP contribution in [0.25, 0.3) is 0 Å². The molecule has 3 rings (SSSR count). The fourth-order valence-electron chi connectivity index (χ4n) is 4.13. The molecule has 1 aliphatic rings. The molecule has 1 aliphatic carbocycles. The molecule has 0 atom stereocenters. The van der Waals surface area contributed by atoms with E-state index in [1.807, 2.05) is 32.9 Å². The van der Waals surface area contributed by atoms with E-state index < -0.39 is 10.0 Å². The van der Waals surface area contributed by atoms with Gasteiger partial charge in [0.25, 0.3) is 10.0 Å². The summed E-state index contributed by atoms with van der Waals surface area (Å²) in [6, 6.07) is 12.6. The van der Waals surface area contributed by atoms with E-state index in [1.54, 1.807) is 42.3 Å². The summed E-state index contributed by atoms with van der Waals surface area (Å²) in [5, 5.41) is 0. The van der Waals surface area contributed by atoms with Gasteiger partial charge in [0.1, 0.15) is 6.54 Å². The Bertz CT molecular complexity index is 994. The van der Waals surface area contributed by atoms with Crippen LogP contribution in [-0.2, 0) is 14.8 Å². The van der Waals surface area contributed by atoms with Crippen LogP contribution in [0.2, 0.25) is 0 Å². The Hall–Kier alpha value is -2.34. The number of benzene rings is 2. The summed E-state index contributed by atoms with van der Waals surface area (Å²) in [6.45, 7) is 5.57. The van der Waals surface area contributed by atoms with Gasteiger partial charge in [-0.1, -0.05) is 54.7 Å². The minimum absolute atomic E-state index is 0.169. The summed E-state index contributed by atoms with van der Waals surface area (Å²) in [5.41, 5.74) is 3.42. The zero-order valence-electron chi connectivity index (χ0n) is 18.4. The second kappa shape index (κ2) is 9.21. The molecule has 0 N–H and O–H groups in total. The van der Waals surface area contributed by atoms with E-state index in [4.69, 9.17) is 0 Å². The predicted octanol–water partition coefficient (Wildman–Crippen LogP) is 4.60. The Kier molecular flexibility index (Phi) is 6.86. The molecular weight excluding hydrogens is 396 g/mol. The first-order valence-corrected chi connectivity index (χ1v) is 12.1. The predicted molar refractivity (Wildman–Crippen MR) is 121 cm³/mol. The van der Waals surface area contributed by atoms with E-state index >= 15 is 0 Å². The minimum Gasteiger partial charge on any atom is -0.341 e. The third-order valence-electron chi connectivity index (χ3n) is 6.02. The quantitative estimate of drug-likeness (QED) is 0.676. The smallest absolute Gasteiger partial charge is 0.264 e. The fraction of sp³-hybridized carbons (Fsp3) is 0.458. The number of anilines is 1. The van der Waals surface area contributed by atoms with Gasteiger partial charge in [-0.05, 0) is 57.4 Å². The van der Waals surface area contributed by atoms with Gasteiger partial charge in [-0.25, -0.2) is 8.42 Å². The molecule has 30 heavy (non-hydrogen) atoms. The summed E-state index contributed by atoms with van der Waals surface area (Å²) < 4.78 is 28.4. The van der Waals surface area contributed by atoms with Crippen LogP contribution in [0, 0.1) is 20.8 Å². The molecule has 6 heteroatoms. The van der Waals surface area contributed by atoms with Crippen molar-refractivity contribution in [3.05, 3.63) is 59.2 Å². The lowest BCUT2D eigenvalue weighted by Gasteiger charge is -2.33. The Labute approximate surface area is 180 Å². The van der Waals surface area contributed by atoms with Crippen molar-refractivity contribution < 1.29 is 13.2 Å². The molecule has 0 aromatic heterocycles. The first-order valence-electron chi connectivity index (χ1n) is 10.6. The highest BCUT2D eigenvalue weighted by atomic mass is 32.2. The Morgan fingerprint density at radius 2 is 1.53 bits per heavy atom. The van der Waals surface area contributed by atoms with Crippen molar-refractivity contribution in [1.82, 2.24) is 4.90 Å². The monoisotopic (exact) mass is 428 g/mol. The van der Waals surface area contributed by atoms with Crippen molar-refractivity contribution in [2.45, 2.75) is 63.8 Å². The molecule has 0 unspecified atom stereocenters. The lowest BCUT2D eigenvalue weighted by molar-refractivity contribution is -0.130. The normalized spacial score (nSPS) is 15.1. The highest BCUT2D eigenvalue weighted by Gasteiger charge is 2.31. The number of nitrogens with zero attached hydrogens (tertiary/aromatic N) is 2. The summed E-state index contributed by atoms with van der Waals surface area (Å²) in [7, 11) is -2.08. The van der Waals surface area contributed by atoms with Crippen LogP contribution in [-0.4, -0.2) is 38.9 Å². The van der Waals surface area contributed by atoms with Gasteiger partial charge in [-0.3, -0.25) is 9.10 Å². The minimum atomic E-state index is -3.88. The number of carbonyl (C=O) groups is 1. The summed E-state index contributed by atoms with van der Waals surface area (Å²) in [4.78, 5) is 15.1. The van der Waals surface area contributed by atoms with Crippen molar-refractivity contribution in [3.63, 3.8) is 0 Å². The average Bonchev–Trinajstić information content (AvgIpc) is 2.72. The van der Waals surface area contributed by atoms with Gasteiger partial charge in [0.2, 0.25) is 5.91 Å². The maximum Gasteiger partial charge on any atom is 0.264 e. The number of rotatable bonds is 6. The van der Waals surface area contributed by atoms with Gasteiger partial charge in [0, 0.05) is 13.1 Å². The summed E-state index contributed by atoms with van der Waals surface area (Å²) >= 11 is 0. The Morgan fingerprint density at radius 1 is 0.933 bits per heavy atom. The number of aryl methyl sites for hydroxylation is 3. The molecule has 2 aromatic carbocycles. The molecule has 2 aromatic rings. The standard InChI is InChI=1S/C24H32N2O3S/c1-18-10-13-22(14-11-18)30(28,29)26(23-15-12-19(2)16-20(23)3)17-24(27)25(4)21-8-6-5-7-9-21/h10-16,21H,5-9,17H2,1-4H3. The van der Waals surface area contributed by atoms with Gasteiger partial charge >= 0.3 is 0 Å². The van der Waals surface area contributed by atoms with Crippen molar-refractivity contribution >= 4 is 21.6 Å². The van der Waals surface area contributed by atoms with Gasteiger partial charge in [-0.15, -0.1) is 0 Å². The van der Waals surface area contributed by atoms with Crippen molar-refractivity contribution in [3.8, 4) is 0 Å². The van der Waals surface area contributed by atoms with Crippen LogP contribution in [0.5, 0.6) is 0 Å². The molecule has 0 radical (unpaired) electrons. The Morgan fingerprint density at radius 3 is 2.13 bits per heavy atom. The van der Waals surface area contributed by atoms with E-state index in [9.17, 15) is 13.2 Å². The van der Waals surface area contributed by atoms with Crippen LogP contribution in [0.4, 0.5) is 5.69 Å². The van der Waals surface area contributed by atoms with Crippen molar-refractivity contribution in [2.24, 2.45) is 0 Å². The van der Waals surface area contributed by atoms with Crippen LogP contribution in [0.3, 0.4) is 0 Å². The van der Waals surface area contributed by atoms with E-state index in [0.29, 0.717) is 5.69 Å². The zero-order valence-corrected chi connectivity index (χ0v) is 19.2. The first kappa shape index (κ1) is 22.3. The van der Waals surface area contributed by atoms with E-state index in [-0.39, 0.29) is 23.4 Å². The second-order valence-corrected chi connectivity index (χ2v) is 10.3. The molecule has 0 aliphatic heterocycles. The van der Waals surface area contributed by atoms with Crippen molar-refractivity contribution in [2.75, 3.05) is 17.9 Å². The number of hydrogen-bond donors (Lipinski definition) is 0. The maximum atomic E-state index is 13.6.